The molecular formula is C16H28O5. The van der Waals surface area contributed by atoms with Gasteiger partial charge in [-0.1, -0.05) is 39.0 Å². The lowest BCUT2D eigenvalue weighted by atomic mass is 9.79. The molecule has 0 spiro atoms. The molecule has 1 rings (SSSR count). The molecule has 2 unspecified atom stereocenters. The van der Waals surface area contributed by atoms with Gasteiger partial charge in [-0.2, -0.15) is 0 Å². The largest absolute Gasteiger partial charge is 0.481 e. The topological polar surface area (TPSA) is 72.8 Å². The normalized spacial score (nSPS) is 22.0. The van der Waals surface area contributed by atoms with Gasteiger partial charge in [0.25, 0.3) is 0 Å². The number of hydrogen-bond donors (Lipinski definition) is 1. The molecule has 0 aromatic carbocycles. The van der Waals surface area contributed by atoms with Crippen molar-refractivity contribution in [2.45, 2.75) is 58.3 Å². The van der Waals surface area contributed by atoms with Crippen molar-refractivity contribution in [1.29, 1.82) is 0 Å². The van der Waals surface area contributed by atoms with Crippen molar-refractivity contribution in [2.75, 3.05) is 19.8 Å². The van der Waals surface area contributed by atoms with E-state index in [0.29, 0.717) is 26.1 Å². The minimum absolute atomic E-state index is 0.218. The minimum Gasteiger partial charge on any atom is -0.481 e. The van der Waals surface area contributed by atoms with Crippen LogP contribution in [0.15, 0.2) is 0 Å². The van der Waals surface area contributed by atoms with E-state index >= 15 is 0 Å². The molecule has 1 aliphatic carbocycles. The molecule has 0 amide bonds. The van der Waals surface area contributed by atoms with E-state index in [4.69, 9.17) is 14.6 Å². The molecule has 5 nitrogen and oxygen atoms in total. The fraction of sp³-hybridized carbons (Fsp3) is 0.875. The van der Waals surface area contributed by atoms with Gasteiger partial charge in [-0.15, -0.1) is 0 Å². The van der Waals surface area contributed by atoms with E-state index < -0.39 is 17.8 Å². The number of ether oxygens (including phenoxy) is 2. The van der Waals surface area contributed by atoms with Gasteiger partial charge in [0.2, 0.25) is 0 Å². The highest BCUT2D eigenvalue weighted by atomic mass is 16.6. The average molecular weight is 300 g/mol. The third kappa shape index (κ3) is 6.93. The van der Waals surface area contributed by atoms with Crippen molar-refractivity contribution in [3.63, 3.8) is 0 Å². The molecule has 1 N–H and O–H groups in total. The van der Waals surface area contributed by atoms with Crippen molar-refractivity contribution < 1.29 is 24.2 Å². The summed E-state index contributed by atoms with van der Waals surface area (Å²) in [7, 11) is 0. The molecule has 0 bridgehead atoms. The van der Waals surface area contributed by atoms with Crippen LogP contribution in [0.1, 0.15) is 58.3 Å². The number of carboxylic acids is 1. The third-order valence-electron chi connectivity index (χ3n) is 4.00. The lowest BCUT2D eigenvalue weighted by Crippen LogP contribution is -2.34. The second-order valence-electron chi connectivity index (χ2n) is 5.68. The van der Waals surface area contributed by atoms with Crippen molar-refractivity contribution in [3.05, 3.63) is 0 Å². The van der Waals surface area contributed by atoms with Gasteiger partial charge in [-0.3, -0.25) is 9.59 Å². The monoisotopic (exact) mass is 300 g/mol. The highest BCUT2D eigenvalue weighted by Crippen LogP contribution is 2.31. The standard InChI is InChI=1S/C16H28O5/c1-2-3-4-7-10-20-11-12-21-16(19)14-9-6-5-8-13(14)15(17)18/h13-14H,2-12H2,1H3,(H,17,18). The van der Waals surface area contributed by atoms with Gasteiger partial charge in [0, 0.05) is 6.61 Å². The Bertz CT molecular complexity index is 316. The summed E-state index contributed by atoms with van der Waals surface area (Å²) in [5, 5.41) is 9.14. The third-order valence-corrected chi connectivity index (χ3v) is 4.00. The molecule has 0 radical (unpaired) electrons. The maximum absolute atomic E-state index is 11.9. The number of hydrogen-bond acceptors (Lipinski definition) is 4. The molecule has 122 valence electrons. The second kappa shape index (κ2) is 10.6. The molecule has 21 heavy (non-hydrogen) atoms. The average Bonchev–Trinajstić information content (AvgIpc) is 2.49. The number of carbonyl (C=O) groups excluding carboxylic acids is 1. The van der Waals surface area contributed by atoms with Crippen molar-refractivity contribution >= 4 is 11.9 Å². The Kier molecular flexibility index (Phi) is 9.06. The SMILES string of the molecule is CCCCCCOCCOC(=O)C1CCCCC1C(=O)O. The Labute approximate surface area is 127 Å². The van der Waals surface area contributed by atoms with Gasteiger partial charge in [-0.05, 0) is 19.3 Å². The van der Waals surface area contributed by atoms with E-state index in [1.165, 1.54) is 19.3 Å². The summed E-state index contributed by atoms with van der Waals surface area (Å²) in [5.41, 5.74) is 0. The van der Waals surface area contributed by atoms with Crippen LogP contribution >= 0.6 is 0 Å². The van der Waals surface area contributed by atoms with Crippen LogP contribution in [0.4, 0.5) is 0 Å². The molecule has 0 saturated heterocycles. The summed E-state index contributed by atoms with van der Waals surface area (Å²) in [6.07, 6.45) is 7.58. The number of aliphatic carboxylic acids is 1. The predicted molar refractivity (Wildman–Crippen MR) is 79.0 cm³/mol. The Morgan fingerprint density at radius 3 is 2.38 bits per heavy atom. The number of rotatable bonds is 10. The summed E-state index contributed by atoms with van der Waals surface area (Å²) in [5.74, 6) is -2.33. The molecule has 1 fully saturated rings. The fourth-order valence-corrected chi connectivity index (χ4v) is 2.75. The number of unbranched alkanes of at least 4 members (excludes halogenated alkanes) is 3. The van der Waals surface area contributed by atoms with Gasteiger partial charge in [-0.25, -0.2) is 0 Å². The first-order chi connectivity index (χ1) is 10.2. The minimum atomic E-state index is -0.885. The van der Waals surface area contributed by atoms with Crippen LogP contribution in [0.5, 0.6) is 0 Å². The maximum atomic E-state index is 11.9. The van der Waals surface area contributed by atoms with Gasteiger partial charge >= 0.3 is 11.9 Å². The second-order valence-corrected chi connectivity index (χ2v) is 5.68. The molecule has 1 saturated carbocycles. The van der Waals surface area contributed by atoms with Crippen LogP contribution in [0.2, 0.25) is 0 Å². The van der Waals surface area contributed by atoms with Crippen LogP contribution in [0, 0.1) is 11.8 Å². The molecule has 0 aromatic rings. The summed E-state index contributed by atoms with van der Waals surface area (Å²) >= 11 is 0. The first-order valence-corrected chi connectivity index (χ1v) is 8.14. The molecule has 0 aromatic heterocycles. The smallest absolute Gasteiger partial charge is 0.309 e. The van der Waals surface area contributed by atoms with E-state index in [9.17, 15) is 9.59 Å². The van der Waals surface area contributed by atoms with E-state index in [2.05, 4.69) is 6.92 Å². The number of esters is 1. The zero-order valence-corrected chi connectivity index (χ0v) is 13.0. The van der Waals surface area contributed by atoms with Crippen LogP contribution in [0.3, 0.4) is 0 Å². The first kappa shape index (κ1) is 18.0. The highest BCUT2D eigenvalue weighted by Gasteiger charge is 2.36. The van der Waals surface area contributed by atoms with Crippen LogP contribution in [0.25, 0.3) is 0 Å². The Hall–Kier alpha value is -1.10. The summed E-state index contributed by atoms with van der Waals surface area (Å²) < 4.78 is 10.6. The quantitative estimate of drug-likeness (QED) is 0.496. The Balaban J connectivity index is 2.13. The van der Waals surface area contributed by atoms with E-state index in [1.807, 2.05) is 0 Å². The Morgan fingerprint density at radius 1 is 1.00 bits per heavy atom. The summed E-state index contributed by atoms with van der Waals surface area (Å²) in [4.78, 5) is 23.1. The zero-order chi connectivity index (χ0) is 15.5. The van der Waals surface area contributed by atoms with Crippen LogP contribution in [-0.2, 0) is 19.1 Å². The van der Waals surface area contributed by atoms with Gasteiger partial charge in [0.1, 0.15) is 6.61 Å². The molecule has 5 heteroatoms. The summed E-state index contributed by atoms with van der Waals surface area (Å²) in [6.45, 7) is 3.46. The van der Waals surface area contributed by atoms with Crippen molar-refractivity contribution in [1.82, 2.24) is 0 Å². The summed E-state index contributed by atoms with van der Waals surface area (Å²) in [6, 6.07) is 0. The lowest BCUT2D eigenvalue weighted by molar-refractivity contribution is -0.160. The van der Waals surface area contributed by atoms with E-state index in [1.54, 1.807) is 0 Å². The van der Waals surface area contributed by atoms with Crippen LogP contribution < -0.4 is 0 Å². The molecule has 2 atom stereocenters. The van der Waals surface area contributed by atoms with E-state index in [-0.39, 0.29) is 12.6 Å². The number of carbonyl (C=O) groups is 2. The fourth-order valence-electron chi connectivity index (χ4n) is 2.75. The molecule has 0 aliphatic heterocycles. The Morgan fingerprint density at radius 2 is 1.71 bits per heavy atom. The zero-order valence-electron chi connectivity index (χ0n) is 13.0. The van der Waals surface area contributed by atoms with Gasteiger partial charge in [0.15, 0.2) is 0 Å². The predicted octanol–water partition coefficient (Wildman–Crippen LogP) is 3.02. The number of carboxylic acid groups (broad SMARTS) is 1. The van der Waals surface area contributed by atoms with Gasteiger partial charge < -0.3 is 14.6 Å². The van der Waals surface area contributed by atoms with Crippen molar-refractivity contribution in [2.24, 2.45) is 11.8 Å². The van der Waals surface area contributed by atoms with E-state index in [0.717, 1.165) is 19.3 Å². The van der Waals surface area contributed by atoms with Crippen molar-refractivity contribution in [3.8, 4) is 0 Å². The highest BCUT2D eigenvalue weighted by molar-refractivity contribution is 5.81. The molecule has 1 aliphatic rings. The van der Waals surface area contributed by atoms with Crippen LogP contribution in [-0.4, -0.2) is 36.9 Å². The maximum Gasteiger partial charge on any atom is 0.309 e. The lowest BCUT2D eigenvalue weighted by Gasteiger charge is -2.26. The first-order valence-electron chi connectivity index (χ1n) is 8.14. The molecular weight excluding hydrogens is 272 g/mol. The van der Waals surface area contributed by atoms with Gasteiger partial charge in [0.05, 0.1) is 18.4 Å². The molecule has 0 heterocycles.